The number of carboxylic acids is 1. The van der Waals surface area contributed by atoms with E-state index in [-0.39, 0.29) is 23.6 Å². The molecule has 0 unspecified atom stereocenters. The van der Waals surface area contributed by atoms with Gasteiger partial charge in [-0.3, -0.25) is 10.2 Å². The van der Waals surface area contributed by atoms with E-state index in [0.29, 0.717) is 18.8 Å². The molecular formula is C15H21N3O4. The van der Waals surface area contributed by atoms with E-state index in [1.165, 1.54) is 4.90 Å². The summed E-state index contributed by atoms with van der Waals surface area (Å²) in [7, 11) is 0. The van der Waals surface area contributed by atoms with E-state index in [1.54, 1.807) is 13.8 Å². The zero-order chi connectivity index (χ0) is 16.2. The van der Waals surface area contributed by atoms with Crippen LogP contribution in [-0.4, -0.2) is 63.0 Å². The molecule has 120 valence electrons. The first-order valence-electron chi connectivity index (χ1n) is 7.60. The molecule has 4 atom stereocenters. The summed E-state index contributed by atoms with van der Waals surface area (Å²) in [6.07, 6.45) is 0.571. The molecule has 3 N–H and O–H groups in total. The zero-order valence-electron chi connectivity index (χ0n) is 12.7. The van der Waals surface area contributed by atoms with Crippen LogP contribution >= 0.6 is 0 Å². The van der Waals surface area contributed by atoms with Crippen LogP contribution in [0, 0.1) is 17.2 Å². The van der Waals surface area contributed by atoms with Crippen molar-refractivity contribution in [3.05, 3.63) is 11.3 Å². The Morgan fingerprint density at radius 2 is 2.14 bits per heavy atom. The number of fused-ring (bicyclic) bond motifs is 1. The van der Waals surface area contributed by atoms with Crippen LogP contribution in [0.2, 0.25) is 0 Å². The highest BCUT2D eigenvalue weighted by molar-refractivity contribution is 5.99. The van der Waals surface area contributed by atoms with Crippen LogP contribution in [0.3, 0.4) is 0 Å². The molecule has 3 heterocycles. The molecule has 3 aliphatic heterocycles. The minimum Gasteiger partial charge on any atom is -0.477 e. The van der Waals surface area contributed by atoms with Crippen molar-refractivity contribution < 1.29 is 19.8 Å². The van der Waals surface area contributed by atoms with Crippen molar-refractivity contribution in [1.82, 2.24) is 9.80 Å². The Labute approximate surface area is 128 Å². The van der Waals surface area contributed by atoms with Crippen LogP contribution in [0.1, 0.15) is 26.7 Å². The van der Waals surface area contributed by atoms with Gasteiger partial charge in [-0.1, -0.05) is 0 Å². The third-order valence-electron chi connectivity index (χ3n) is 5.12. The van der Waals surface area contributed by atoms with Crippen LogP contribution in [0.25, 0.3) is 0 Å². The molecule has 0 aromatic carbocycles. The van der Waals surface area contributed by atoms with Crippen molar-refractivity contribution in [2.45, 2.75) is 38.8 Å². The molecule has 3 aliphatic rings. The van der Waals surface area contributed by atoms with Gasteiger partial charge >= 0.3 is 5.97 Å². The first-order chi connectivity index (χ1) is 10.3. The van der Waals surface area contributed by atoms with E-state index in [0.717, 1.165) is 18.5 Å². The molecular weight excluding hydrogens is 286 g/mol. The van der Waals surface area contributed by atoms with E-state index >= 15 is 0 Å². The van der Waals surface area contributed by atoms with Crippen LogP contribution in [0.15, 0.2) is 11.3 Å². The van der Waals surface area contributed by atoms with Crippen molar-refractivity contribution in [3.8, 4) is 0 Å². The standard InChI is InChI=1S/C15H21N3O4/c1-7(19)12-11-5-10(9-3-4-17(6-9)8(2)16)13(15(21)22)18(11)14(12)20/h7,9,11-12,16,19H,3-6H2,1-2H3,(H,21,22)/t7-,9+,11-,12-/m1/s1. The molecule has 0 radical (unpaired) electrons. The third-order valence-corrected chi connectivity index (χ3v) is 5.12. The number of carbonyl (C=O) groups excluding carboxylic acids is 1. The Balaban J connectivity index is 1.86. The van der Waals surface area contributed by atoms with Gasteiger partial charge in [0, 0.05) is 19.0 Å². The maximum absolute atomic E-state index is 12.2. The molecule has 22 heavy (non-hydrogen) atoms. The fourth-order valence-electron chi connectivity index (χ4n) is 4.02. The van der Waals surface area contributed by atoms with Crippen LogP contribution in [0.5, 0.6) is 0 Å². The molecule has 3 rings (SSSR count). The van der Waals surface area contributed by atoms with E-state index < -0.39 is 18.0 Å². The van der Waals surface area contributed by atoms with E-state index in [2.05, 4.69) is 0 Å². The molecule has 7 heteroatoms. The topological polar surface area (TPSA) is 105 Å². The van der Waals surface area contributed by atoms with Gasteiger partial charge in [0.1, 0.15) is 5.70 Å². The lowest BCUT2D eigenvalue weighted by Gasteiger charge is -2.44. The molecule has 2 saturated heterocycles. The first kappa shape index (κ1) is 15.0. The summed E-state index contributed by atoms with van der Waals surface area (Å²) in [6.45, 7) is 4.68. The number of nitrogens with zero attached hydrogens (tertiary/aromatic N) is 2. The van der Waals surface area contributed by atoms with Crippen LogP contribution in [0.4, 0.5) is 0 Å². The number of aliphatic hydroxyl groups excluding tert-OH is 1. The molecule has 1 amide bonds. The second kappa shape index (κ2) is 5.08. The van der Waals surface area contributed by atoms with Gasteiger partial charge in [-0.2, -0.15) is 0 Å². The predicted molar refractivity (Wildman–Crippen MR) is 78.2 cm³/mol. The second-order valence-corrected chi connectivity index (χ2v) is 6.44. The number of hydrogen-bond acceptors (Lipinski definition) is 4. The number of aliphatic carboxylic acids is 1. The number of carbonyl (C=O) groups is 2. The van der Waals surface area contributed by atoms with Gasteiger partial charge in [0.25, 0.3) is 0 Å². The Bertz CT molecular complexity index is 583. The average molecular weight is 307 g/mol. The van der Waals surface area contributed by atoms with Gasteiger partial charge in [-0.05, 0) is 32.3 Å². The number of amidine groups is 1. The molecule has 0 saturated carbocycles. The van der Waals surface area contributed by atoms with Gasteiger partial charge in [0.05, 0.1) is 23.9 Å². The summed E-state index contributed by atoms with van der Waals surface area (Å²) in [5, 5.41) is 26.9. The SMILES string of the molecule is CC(=N)N1CC[C@H](C2=C(C(=O)O)N3C(=O)[C@H]([C@@H](C)O)[C@H]3C2)C1. The van der Waals surface area contributed by atoms with E-state index in [1.807, 2.05) is 4.90 Å². The fourth-order valence-corrected chi connectivity index (χ4v) is 4.02. The number of nitrogens with one attached hydrogen (secondary N) is 1. The quantitative estimate of drug-likeness (QED) is 0.394. The van der Waals surface area contributed by atoms with Gasteiger partial charge in [0.2, 0.25) is 5.91 Å². The lowest BCUT2D eigenvalue weighted by Crippen LogP contribution is -2.61. The molecule has 2 fully saturated rings. The largest absolute Gasteiger partial charge is 0.477 e. The summed E-state index contributed by atoms with van der Waals surface area (Å²) < 4.78 is 0. The minimum atomic E-state index is -1.07. The van der Waals surface area contributed by atoms with Crippen molar-refractivity contribution >= 4 is 17.7 Å². The number of amides is 1. The van der Waals surface area contributed by atoms with Crippen molar-refractivity contribution in [2.24, 2.45) is 11.8 Å². The highest BCUT2D eigenvalue weighted by Gasteiger charge is 2.57. The number of carboxylic acid groups (broad SMARTS) is 1. The first-order valence-corrected chi connectivity index (χ1v) is 7.60. The summed E-state index contributed by atoms with van der Waals surface area (Å²) in [6, 6.07) is -0.219. The van der Waals surface area contributed by atoms with Crippen LogP contribution in [-0.2, 0) is 9.59 Å². The maximum Gasteiger partial charge on any atom is 0.352 e. The number of rotatable bonds is 3. The molecule has 0 aromatic rings. The van der Waals surface area contributed by atoms with Crippen molar-refractivity contribution in [2.75, 3.05) is 13.1 Å². The smallest absolute Gasteiger partial charge is 0.352 e. The predicted octanol–water partition coefficient (Wildman–Crippen LogP) is 0.256. The third kappa shape index (κ3) is 2.03. The number of β-lactam (4-membered cyclic amide) rings is 1. The molecule has 0 aromatic heterocycles. The minimum absolute atomic E-state index is 0.0689. The summed E-state index contributed by atoms with van der Waals surface area (Å²) in [5.41, 5.74) is 0.916. The van der Waals surface area contributed by atoms with Crippen LogP contribution < -0.4 is 0 Å². The lowest BCUT2D eigenvalue weighted by molar-refractivity contribution is -0.161. The average Bonchev–Trinajstić information content (AvgIpc) is 2.99. The Kier molecular flexibility index (Phi) is 3.47. The Hall–Kier alpha value is -1.89. The van der Waals surface area contributed by atoms with Crippen molar-refractivity contribution in [3.63, 3.8) is 0 Å². The van der Waals surface area contributed by atoms with Gasteiger partial charge in [0.15, 0.2) is 0 Å². The fraction of sp³-hybridized carbons (Fsp3) is 0.667. The van der Waals surface area contributed by atoms with E-state index in [9.17, 15) is 19.8 Å². The van der Waals surface area contributed by atoms with Crippen molar-refractivity contribution in [1.29, 1.82) is 5.41 Å². The highest BCUT2D eigenvalue weighted by atomic mass is 16.4. The molecule has 0 aliphatic carbocycles. The Morgan fingerprint density at radius 1 is 1.45 bits per heavy atom. The monoisotopic (exact) mass is 307 g/mol. The summed E-state index contributed by atoms with van der Waals surface area (Å²) >= 11 is 0. The second-order valence-electron chi connectivity index (χ2n) is 6.44. The summed E-state index contributed by atoms with van der Waals surface area (Å²) in [5.74, 6) is -1.29. The molecule has 0 bridgehead atoms. The number of likely N-dealkylation sites (tertiary alicyclic amines) is 1. The molecule has 0 spiro atoms. The molecule has 7 nitrogen and oxygen atoms in total. The Morgan fingerprint density at radius 3 is 2.64 bits per heavy atom. The van der Waals surface area contributed by atoms with E-state index in [4.69, 9.17) is 5.41 Å². The highest BCUT2D eigenvalue weighted by Crippen LogP contribution is 2.47. The number of aliphatic hydroxyl groups is 1. The normalized spacial score (nSPS) is 32.1. The maximum atomic E-state index is 12.2. The van der Waals surface area contributed by atoms with Gasteiger partial charge in [-0.25, -0.2) is 4.79 Å². The number of hydrogen-bond donors (Lipinski definition) is 3. The van der Waals surface area contributed by atoms with Gasteiger partial charge < -0.3 is 20.0 Å². The zero-order valence-corrected chi connectivity index (χ0v) is 12.7. The lowest BCUT2D eigenvalue weighted by atomic mass is 9.82. The summed E-state index contributed by atoms with van der Waals surface area (Å²) in [4.78, 5) is 27.1. The van der Waals surface area contributed by atoms with Gasteiger partial charge in [-0.15, -0.1) is 0 Å².